The Labute approximate surface area is 115 Å². The fourth-order valence-electron chi connectivity index (χ4n) is 3.16. The molecule has 3 heteroatoms. The van der Waals surface area contributed by atoms with Gasteiger partial charge in [-0.1, -0.05) is 30.3 Å². The van der Waals surface area contributed by atoms with Gasteiger partial charge in [-0.15, -0.1) is 0 Å². The molecule has 2 aliphatic rings. The predicted molar refractivity (Wildman–Crippen MR) is 77.2 cm³/mol. The fourth-order valence-corrected chi connectivity index (χ4v) is 3.16. The number of ether oxygens (including phenoxy) is 1. The molecule has 2 saturated heterocycles. The van der Waals surface area contributed by atoms with E-state index in [-0.39, 0.29) is 0 Å². The zero-order valence-corrected chi connectivity index (χ0v) is 11.6. The number of hydrogen-bond acceptors (Lipinski definition) is 3. The number of nitrogens with one attached hydrogen (secondary N) is 1. The van der Waals surface area contributed by atoms with Gasteiger partial charge < -0.3 is 15.0 Å². The maximum absolute atomic E-state index is 5.50. The molecule has 19 heavy (non-hydrogen) atoms. The van der Waals surface area contributed by atoms with Crippen LogP contribution < -0.4 is 5.32 Å². The molecule has 0 radical (unpaired) electrons. The average Bonchev–Trinajstić information content (AvgIpc) is 2.84. The summed E-state index contributed by atoms with van der Waals surface area (Å²) < 4.78 is 5.50. The van der Waals surface area contributed by atoms with Gasteiger partial charge in [0.15, 0.2) is 0 Å². The van der Waals surface area contributed by atoms with Crippen molar-refractivity contribution in [2.75, 3.05) is 39.4 Å². The minimum absolute atomic E-state index is 0.478. The second-order valence-corrected chi connectivity index (χ2v) is 5.76. The lowest BCUT2D eigenvalue weighted by molar-refractivity contribution is 0.166. The lowest BCUT2D eigenvalue weighted by Crippen LogP contribution is -2.35. The van der Waals surface area contributed by atoms with Crippen LogP contribution in [-0.2, 0) is 4.74 Å². The number of nitrogens with zero attached hydrogens (tertiary/aromatic N) is 1. The molecule has 0 aliphatic carbocycles. The summed E-state index contributed by atoms with van der Waals surface area (Å²) >= 11 is 0. The van der Waals surface area contributed by atoms with Crippen LogP contribution in [-0.4, -0.2) is 44.3 Å². The Morgan fingerprint density at radius 3 is 2.95 bits per heavy atom. The summed E-state index contributed by atoms with van der Waals surface area (Å²) in [5.74, 6) is 0.745. The zero-order valence-electron chi connectivity index (χ0n) is 11.6. The Morgan fingerprint density at radius 1 is 1.26 bits per heavy atom. The van der Waals surface area contributed by atoms with Gasteiger partial charge in [0.2, 0.25) is 0 Å². The molecule has 3 rings (SSSR count). The van der Waals surface area contributed by atoms with E-state index >= 15 is 0 Å². The summed E-state index contributed by atoms with van der Waals surface area (Å²) in [6, 6.07) is 11.3. The smallest absolute Gasteiger partial charge is 0.0507 e. The van der Waals surface area contributed by atoms with Crippen LogP contribution in [0.5, 0.6) is 0 Å². The summed E-state index contributed by atoms with van der Waals surface area (Å²) in [5.41, 5.74) is 1.41. The summed E-state index contributed by atoms with van der Waals surface area (Å²) in [4.78, 5) is 2.62. The molecule has 2 unspecified atom stereocenters. The van der Waals surface area contributed by atoms with Crippen LogP contribution in [0, 0.1) is 5.92 Å². The summed E-state index contributed by atoms with van der Waals surface area (Å²) in [5, 5.41) is 3.68. The van der Waals surface area contributed by atoms with E-state index in [0.29, 0.717) is 6.04 Å². The van der Waals surface area contributed by atoms with Crippen molar-refractivity contribution in [2.45, 2.75) is 18.9 Å². The van der Waals surface area contributed by atoms with Crippen LogP contribution in [0.15, 0.2) is 30.3 Å². The largest absolute Gasteiger partial charge is 0.381 e. The summed E-state index contributed by atoms with van der Waals surface area (Å²) in [6.45, 7) is 6.58. The first-order valence-corrected chi connectivity index (χ1v) is 7.50. The molecular formula is C16H24N2O. The molecule has 1 N–H and O–H groups in total. The minimum Gasteiger partial charge on any atom is -0.381 e. The predicted octanol–water partition coefficient (Wildman–Crippen LogP) is 2.06. The molecule has 0 spiro atoms. The normalized spacial score (nSPS) is 29.3. The van der Waals surface area contributed by atoms with E-state index in [2.05, 4.69) is 40.5 Å². The Kier molecular flexibility index (Phi) is 4.49. The minimum atomic E-state index is 0.478. The van der Waals surface area contributed by atoms with Crippen LogP contribution in [0.2, 0.25) is 0 Å². The van der Waals surface area contributed by atoms with E-state index in [1.807, 2.05) is 0 Å². The van der Waals surface area contributed by atoms with Crippen LogP contribution >= 0.6 is 0 Å². The monoisotopic (exact) mass is 260 g/mol. The highest BCUT2D eigenvalue weighted by atomic mass is 16.5. The Morgan fingerprint density at radius 2 is 2.16 bits per heavy atom. The van der Waals surface area contributed by atoms with E-state index in [4.69, 9.17) is 4.74 Å². The van der Waals surface area contributed by atoms with E-state index in [1.165, 1.54) is 31.5 Å². The van der Waals surface area contributed by atoms with Gasteiger partial charge in [0, 0.05) is 25.7 Å². The molecule has 0 aromatic heterocycles. The van der Waals surface area contributed by atoms with E-state index < -0.39 is 0 Å². The molecule has 2 aliphatic heterocycles. The van der Waals surface area contributed by atoms with Crippen LogP contribution in [0.25, 0.3) is 0 Å². The Balaban J connectivity index is 1.62. The molecule has 2 atom stereocenters. The molecule has 1 aromatic carbocycles. The molecule has 3 nitrogen and oxygen atoms in total. The van der Waals surface area contributed by atoms with Gasteiger partial charge in [-0.2, -0.15) is 0 Å². The lowest BCUT2D eigenvalue weighted by atomic mass is 10.1. The fraction of sp³-hybridized carbons (Fsp3) is 0.625. The van der Waals surface area contributed by atoms with Crippen molar-refractivity contribution in [1.29, 1.82) is 0 Å². The van der Waals surface area contributed by atoms with Crippen molar-refractivity contribution < 1.29 is 4.74 Å². The maximum Gasteiger partial charge on any atom is 0.0507 e. The van der Waals surface area contributed by atoms with Gasteiger partial charge >= 0.3 is 0 Å². The Hall–Kier alpha value is -0.900. The molecular weight excluding hydrogens is 236 g/mol. The topological polar surface area (TPSA) is 24.5 Å². The SMILES string of the molecule is c1ccc(C2CN(CC3CCOC3)CCCN2)cc1. The molecule has 0 bridgehead atoms. The van der Waals surface area contributed by atoms with Gasteiger partial charge in [-0.3, -0.25) is 0 Å². The molecule has 2 heterocycles. The van der Waals surface area contributed by atoms with E-state index in [9.17, 15) is 0 Å². The second kappa shape index (κ2) is 6.51. The third-order valence-corrected chi connectivity index (χ3v) is 4.22. The first kappa shape index (κ1) is 13.1. The third-order valence-electron chi connectivity index (χ3n) is 4.22. The van der Waals surface area contributed by atoms with Gasteiger partial charge in [0.05, 0.1) is 6.61 Å². The highest BCUT2D eigenvalue weighted by molar-refractivity contribution is 5.19. The standard InChI is InChI=1S/C16H24N2O/c1-2-5-15(6-3-1)16-12-18(9-4-8-17-16)11-14-7-10-19-13-14/h1-3,5-6,14,16-17H,4,7-13H2. The lowest BCUT2D eigenvalue weighted by Gasteiger charge is -2.26. The number of rotatable bonds is 3. The molecule has 1 aromatic rings. The first-order valence-electron chi connectivity index (χ1n) is 7.50. The highest BCUT2D eigenvalue weighted by Crippen LogP contribution is 2.20. The van der Waals surface area contributed by atoms with Crippen molar-refractivity contribution in [1.82, 2.24) is 10.2 Å². The van der Waals surface area contributed by atoms with Gasteiger partial charge in [0.25, 0.3) is 0 Å². The van der Waals surface area contributed by atoms with Crippen molar-refractivity contribution in [3.63, 3.8) is 0 Å². The van der Waals surface area contributed by atoms with Gasteiger partial charge in [-0.05, 0) is 37.4 Å². The molecule has 104 valence electrons. The van der Waals surface area contributed by atoms with E-state index in [0.717, 1.165) is 32.2 Å². The van der Waals surface area contributed by atoms with Gasteiger partial charge in [0.1, 0.15) is 0 Å². The van der Waals surface area contributed by atoms with Crippen LogP contribution in [0.3, 0.4) is 0 Å². The molecule has 0 amide bonds. The van der Waals surface area contributed by atoms with Crippen molar-refractivity contribution in [3.8, 4) is 0 Å². The summed E-state index contributed by atoms with van der Waals surface area (Å²) in [6.07, 6.45) is 2.48. The summed E-state index contributed by atoms with van der Waals surface area (Å²) in [7, 11) is 0. The quantitative estimate of drug-likeness (QED) is 0.900. The molecule has 2 fully saturated rings. The average molecular weight is 260 g/mol. The van der Waals surface area contributed by atoms with Crippen LogP contribution in [0.4, 0.5) is 0 Å². The van der Waals surface area contributed by atoms with E-state index in [1.54, 1.807) is 0 Å². The van der Waals surface area contributed by atoms with Crippen molar-refractivity contribution in [2.24, 2.45) is 5.92 Å². The first-order chi connectivity index (χ1) is 9.42. The zero-order chi connectivity index (χ0) is 12.9. The van der Waals surface area contributed by atoms with Crippen molar-refractivity contribution in [3.05, 3.63) is 35.9 Å². The number of hydrogen-bond donors (Lipinski definition) is 1. The van der Waals surface area contributed by atoms with Gasteiger partial charge in [-0.25, -0.2) is 0 Å². The third kappa shape index (κ3) is 3.56. The second-order valence-electron chi connectivity index (χ2n) is 5.76. The highest BCUT2D eigenvalue weighted by Gasteiger charge is 2.23. The number of benzene rings is 1. The van der Waals surface area contributed by atoms with Crippen LogP contribution in [0.1, 0.15) is 24.4 Å². The molecule has 0 saturated carbocycles. The van der Waals surface area contributed by atoms with Crippen molar-refractivity contribution >= 4 is 0 Å². The Bertz CT molecular complexity index is 376. The maximum atomic E-state index is 5.50.